The van der Waals surface area contributed by atoms with Crippen molar-refractivity contribution in [1.82, 2.24) is 15.0 Å². The molecule has 1 aromatic heterocycles. The highest BCUT2D eigenvalue weighted by molar-refractivity contribution is 6.28. The van der Waals surface area contributed by atoms with E-state index in [2.05, 4.69) is 25.2 Å². The van der Waals surface area contributed by atoms with E-state index < -0.39 is 0 Å². The number of hydrogen-bond acceptors (Lipinski definition) is 5. The van der Waals surface area contributed by atoms with Crippen molar-refractivity contribution >= 4 is 23.5 Å². The molecule has 1 saturated carbocycles. The van der Waals surface area contributed by atoms with Crippen molar-refractivity contribution in [1.29, 1.82) is 0 Å². The van der Waals surface area contributed by atoms with Gasteiger partial charge in [0.1, 0.15) is 0 Å². The Bertz CT molecular complexity index is 463. The summed E-state index contributed by atoms with van der Waals surface area (Å²) in [5.74, 6) is 1.25. The zero-order chi connectivity index (χ0) is 14.0. The van der Waals surface area contributed by atoms with Gasteiger partial charge >= 0.3 is 0 Å². The Hall–Kier alpha value is -1.10. The van der Waals surface area contributed by atoms with Crippen molar-refractivity contribution in [2.45, 2.75) is 44.9 Å². The monoisotopic (exact) mass is 295 g/mol. The molecule has 20 heavy (non-hydrogen) atoms. The predicted octanol–water partition coefficient (Wildman–Crippen LogP) is 3.12. The molecule has 0 bridgehead atoms. The number of nitrogens with zero attached hydrogens (tertiary/aromatic N) is 4. The van der Waals surface area contributed by atoms with Crippen molar-refractivity contribution < 1.29 is 0 Å². The van der Waals surface area contributed by atoms with E-state index in [-0.39, 0.29) is 5.28 Å². The zero-order valence-corrected chi connectivity index (χ0v) is 12.8. The normalized spacial score (nSPS) is 22.0. The Morgan fingerprint density at radius 2 is 1.70 bits per heavy atom. The number of anilines is 2. The molecule has 110 valence electrons. The van der Waals surface area contributed by atoms with Gasteiger partial charge in [0, 0.05) is 20.1 Å². The van der Waals surface area contributed by atoms with E-state index in [0.717, 1.165) is 13.1 Å². The van der Waals surface area contributed by atoms with Gasteiger partial charge in [-0.25, -0.2) is 0 Å². The molecule has 5 nitrogen and oxygen atoms in total. The quantitative estimate of drug-likeness (QED) is 0.908. The molecule has 1 N–H and O–H groups in total. The summed E-state index contributed by atoms with van der Waals surface area (Å²) in [6, 6.07) is 0. The molecule has 1 spiro atoms. The van der Waals surface area contributed by atoms with Crippen LogP contribution in [0.15, 0.2) is 0 Å². The van der Waals surface area contributed by atoms with Crippen LogP contribution in [0.4, 0.5) is 11.9 Å². The smallest absolute Gasteiger partial charge is 0.231 e. The second-order valence-corrected chi connectivity index (χ2v) is 6.36. The van der Waals surface area contributed by atoms with Gasteiger partial charge in [0.2, 0.25) is 17.2 Å². The summed E-state index contributed by atoms with van der Waals surface area (Å²) in [5, 5.41) is 3.19. The molecule has 3 rings (SSSR count). The van der Waals surface area contributed by atoms with Crippen molar-refractivity contribution in [3.8, 4) is 0 Å². The number of piperidine rings is 1. The van der Waals surface area contributed by atoms with Gasteiger partial charge in [0.05, 0.1) is 0 Å². The molecule has 2 heterocycles. The summed E-state index contributed by atoms with van der Waals surface area (Å²) in [4.78, 5) is 15.0. The standard InChI is InChI=1S/C14H22ClN5/c1-16-12-17-11(15)18-13(19-12)20-9-7-14(8-10-20)5-3-2-4-6-14/h2-10H2,1H3,(H,16,17,18,19). The molecule has 6 heteroatoms. The summed E-state index contributed by atoms with van der Waals surface area (Å²) in [7, 11) is 1.79. The van der Waals surface area contributed by atoms with Crippen LogP contribution in [0.25, 0.3) is 0 Å². The van der Waals surface area contributed by atoms with Gasteiger partial charge < -0.3 is 10.2 Å². The molecule has 1 aromatic rings. The molecule has 0 aromatic carbocycles. The number of nitrogens with one attached hydrogen (secondary N) is 1. The van der Waals surface area contributed by atoms with Gasteiger partial charge in [-0.05, 0) is 42.7 Å². The molecule has 0 radical (unpaired) electrons. The van der Waals surface area contributed by atoms with E-state index in [1.807, 2.05) is 0 Å². The maximum absolute atomic E-state index is 5.96. The minimum atomic E-state index is 0.261. The fraction of sp³-hybridized carbons (Fsp3) is 0.786. The molecule has 0 amide bonds. The van der Waals surface area contributed by atoms with E-state index in [1.165, 1.54) is 44.9 Å². The fourth-order valence-corrected chi connectivity index (χ4v) is 3.73. The maximum atomic E-state index is 5.96. The van der Waals surface area contributed by atoms with E-state index in [1.54, 1.807) is 7.05 Å². The molecule has 1 saturated heterocycles. The Labute approximate surface area is 125 Å². The second-order valence-electron chi connectivity index (χ2n) is 6.03. The number of rotatable bonds is 2. The fourth-order valence-electron chi connectivity index (χ4n) is 3.58. The molecular weight excluding hydrogens is 274 g/mol. The summed E-state index contributed by atoms with van der Waals surface area (Å²) < 4.78 is 0. The van der Waals surface area contributed by atoms with Crippen molar-refractivity contribution in [3.63, 3.8) is 0 Å². The van der Waals surface area contributed by atoms with Gasteiger partial charge in [0.15, 0.2) is 0 Å². The van der Waals surface area contributed by atoms with Crippen LogP contribution in [0.1, 0.15) is 44.9 Å². The second kappa shape index (κ2) is 5.72. The highest BCUT2D eigenvalue weighted by atomic mass is 35.5. The van der Waals surface area contributed by atoms with Crippen LogP contribution in [-0.4, -0.2) is 35.1 Å². The van der Waals surface area contributed by atoms with Crippen LogP contribution in [0, 0.1) is 5.41 Å². The minimum Gasteiger partial charge on any atom is -0.357 e. The highest BCUT2D eigenvalue weighted by Crippen LogP contribution is 2.44. The number of hydrogen-bond donors (Lipinski definition) is 1. The minimum absolute atomic E-state index is 0.261. The topological polar surface area (TPSA) is 53.9 Å². The van der Waals surface area contributed by atoms with Gasteiger partial charge in [-0.3, -0.25) is 0 Å². The largest absolute Gasteiger partial charge is 0.357 e. The lowest BCUT2D eigenvalue weighted by atomic mass is 9.68. The van der Waals surface area contributed by atoms with Gasteiger partial charge in [-0.15, -0.1) is 0 Å². The van der Waals surface area contributed by atoms with E-state index >= 15 is 0 Å². The van der Waals surface area contributed by atoms with Crippen LogP contribution < -0.4 is 10.2 Å². The number of aromatic nitrogens is 3. The average molecular weight is 296 g/mol. The van der Waals surface area contributed by atoms with Gasteiger partial charge in [0.25, 0.3) is 0 Å². The van der Waals surface area contributed by atoms with Gasteiger partial charge in [-0.2, -0.15) is 15.0 Å². The van der Waals surface area contributed by atoms with E-state index in [4.69, 9.17) is 11.6 Å². The van der Waals surface area contributed by atoms with Crippen molar-refractivity contribution in [2.75, 3.05) is 30.4 Å². The first-order valence-electron chi connectivity index (χ1n) is 7.55. The van der Waals surface area contributed by atoms with Crippen LogP contribution in [-0.2, 0) is 0 Å². The van der Waals surface area contributed by atoms with Crippen LogP contribution >= 0.6 is 11.6 Å². The molecule has 2 aliphatic rings. The molecule has 1 aliphatic heterocycles. The third kappa shape index (κ3) is 2.82. The predicted molar refractivity (Wildman–Crippen MR) is 81.3 cm³/mol. The van der Waals surface area contributed by atoms with Crippen LogP contribution in [0.3, 0.4) is 0 Å². The first kappa shape index (κ1) is 13.9. The molecule has 2 fully saturated rings. The number of halogens is 1. The summed E-state index contributed by atoms with van der Waals surface area (Å²) in [6.07, 6.45) is 9.54. The SMILES string of the molecule is CNc1nc(Cl)nc(N2CCC3(CCCCC3)CC2)n1. The Morgan fingerprint density at radius 3 is 2.35 bits per heavy atom. The Kier molecular flexibility index (Phi) is 3.96. The van der Waals surface area contributed by atoms with Crippen LogP contribution in [0.5, 0.6) is 0 Å². The van der Waals surface area contributed by atoms with Crippen LogP contribution in [0.2, 0.25) is 5.28 Å². The first-order chi connectivity index (χ1) is 9.71. The Morgan fingerprint density at radius 1 is 1.00 bits per heavy atom. The first-order valence-corrected chi connectivity index (χ1v) is 7.93. The third-order valence-corrected chi connectivity index (χ3v) is 5.01. The van der Waals surface area contributed by atoms with Crippen molar-refractivity contribution in [3.05, 3.63) is 5.28 Å². The van der Waals surface area contributed by atoms with Crippen molar-refractivity contribution in [2.24, 2.45) is 5.41 Å². The molecular formula is C14H22ClN5. The average Bonchev–Trinajstić information content (AvgIpc) is 2.48. The Balaban J connectivity index is 1.70. The lowest BCUT2D eigenvalue weighted by Crippen LogP contribution is -2.41. The lowest BCUT2D eigenvalue weighted by Gasteiger charge is -2.44. The highest BCUT2D eigenvalue weighted by Gasteiger charge is 2.36. The maximum Gasteiger partial charge on any atom is 0.231 e. The third-order valence-electron chi connectivity index (χ3n) is 4.84. The zero-order valence-electron chi connectivity index (χ0n) is 12.0. The lowest BCUT2D eigenvalue weighted by molar-refractivity contribution is 0.144. The van der Waals surface area contributed by atoms with E-state index in [0.29, 0.717) is 17.3 Å². The summed E-state index contributed by atoms with van der Waals surface area (Å²) in [6.45, 7) is 2.06. The molecule has 0 unspecified atom stereocenters. The molecule has 1 aliphatic carbocycles. The van der Waals surface area contributed by atoms with E-state index in [9.17, 15) is 0 Å². The molecule has 0 atom stereocenters. The van der Waals surface area contributed by atoms with Gasteiger partial charge in [-0.1, -0.05) is 19.3 Å². The summed E-state index contributed by atoms with van der Waals surface area (Å²) in [5.41, 5.74) is 0.595. The summed E-state index contributed by atoms with van der Waals surface area (Å²) >= 11 is 5.96.